The van der Waals surface area contributed by atoms with Crippen LogP contribution in [0.1, 0.15) is 56.2 Å². The van der Waals surface area contributed by atoms with Gasteiger partial charge in [0.15, 0.2) is 5.76 Å². The van der Waals surface area contributed by atoms with E-state index in [1.807, 2.05) is 78.8 Å². The van der Waals surface area contributed by atoms with Crippen molar-refractivity contribution in [3.63, 3.8) is 0 Å². The smallest absolute Gasteiger partial charge is 0.251 e. The third kappa shape index (κ3) is 6.56. The van der Waals surface area contributed by atoms with E-state index in [2.05, 4.69) is 20.7 Å². The number of anilines is 1. The summed E-state index contributed by atoms with van der Waals surface area (Å²) in [5.41, 5.74) is 2.60. The Kier molecular flexibility index (Phi) is 8.37. The average Bonchev–Trinajstić information content (AvgIpc) is 3.53. The lowest BCUT2D eigenvalue weighted by Gasteiger charge is -2.34. The Morgan fingerprint density at radius 2 is 1.77 bits per heavy atom. The van der Waals surface area contributed by atoms with E-state index in [0.29, 0.717) is 35.1 Å². The van der Waals surface area contributed by atoms with Gasteiger partial charge in [0, 0.05) is 11.2 Å². The highest BCUT2D eigenvalue weighted by Gasteiger charge is 2.35. The highest BCUT2D eigenvalue weighted by atomic mass is 16.5. The van der Waals surface area contributed by atoms with Gasteiger partial charge >= 0.3 is 0 Å². The predicted molar refractivity (Wildman–Crippen MR) is 152 cm³/mol. The number of carbonyl (C=O) groups excluding carboxylic acids is 2. The van der Waals surface area contributed by atoms with Crippen LogP contribution in [-0.4, -0.2) is 44.2 Å². The first kappa shape index (κ1) is 28.5. The molecule has 40 heavy (non-hydrogen) atoms. The van der Waals surface area contributed by atoms with Gasteiger partial charge in [0.2, 0.25) is 11.7 Å². The Morgan fingerprint density at radius 3 is 2.40 bits per heavy atom. The minimum absolute atomic E-state index is 0.240. The number of rotatable bonds is 9. The topological polar surface area (TPSA) is 115 Å². The van der Waals surface area contributed by atoms with Gasteiger partial charge in [-0.1, -0.05) is 24.3 Å². The molecule has 0 saturated heterocycles. The number of amides is 2. The first-order valence-electron chi connectivity index (χ1n) is 13.2. The van der Waals surface area contributed by atoms with E-state index in [-0.39, 0.29) is 24.2 Å². The van der Waals surface area contributed by atoms with Crippen molar-refractivity contribution in [2.45, 2.75) is 66.6 Å². The lowest BCUT2D eigenvalue weighted by Crippen LogP contribution is -2.50. The van der Waals surface area contributed by atoms with Crippen molar-refractivity contribution in [3.8, 4) is 17.3 Å². The van der Waals surface area contributed by atoms with Gasteiger partial charge in [0.1, 0.15) is 24.1 Å². The number of nitrogens with one attached hydrogen (secondary N) is 1. The summed E-state index contributed by atoms with van der Waals surface area (Å²) in [7, 11) is 0. The van der Waals surface area contributed by atoms with Crippen LogP contribution in [0.3, 0.4) is 0 Å². The fraction of sp³-hybridized carbons (Fsp3) is 0.367. The van der Waals surface area contributed by atoms with Crippen molar-refractivity contribution in [2.75, 3.05) is 11.5 Å². The largest absolute Gasteiger partial charge is 0.494 e. The second-order valence-electron chi connectivity index (χ2n) is 10.7. The van der Waals surface area contributed by atoms with Crippen molar-refractivity contribution in [1.29, 1.82) is 0 Å². The van der Waals surface area contributed by atoms with Gasteiger partial charge in [-0.2, -0.15) is 4.80 Å². The highest BCUT2D eigenvalue weighted by Crippen LogP contribution is 2.33. The molecule has 0 bridgehead atoms. The Balaban J connectivity index is 1.79. The van der Waals surface area contributed by atoms with Gasteiger partial charge < -0.3 is 14.5 Å². The summed E-state index contributed by atoms with van der Waals surface area (Å²) in [6.07, 6.45) is 0. The molecular weight excluding hydrogens is 508 g/mol. The molecule has 0 unspecified atom stereocenters. The van der Waals surface area contributed by atoms with Crippen LogP contribution in [0.4, 0.5) is 5.69 Å². The molecule has 10 nitrogen and oxygen atoms in total. The maximum Gasteiger partial charge on any atom is 0.251 e. The number of aryl methyl sites for hydroxylation is 2. The van der Waals surface area contributed by atoms with Crippen LogP contribution in [0.15, 0.2) is 59.0 Å². The molecule has 10 heteroatoms. The lowest BCUT2D eigenvalue weighted by molar-refractivity contribution is -0.128. The number of ether oxygens (including phenoxy) is 1. The van der Waals surface area contributed by atoms with E-state index in [4.69, 9.17) is 9.15 Å². The van der Waals surface area contributed by atoms with Crippen molar-refractivity contribution in [1.82, 2.24) is 25.5 Å². The summed E-state index contributed by atoms with van der Waals surface area (Å²) in [5.74, 6) is 1.43. The molecule has 0 saturated carbocycles. The van der Waals surface area contributed by atoms with Crippen molar-refractivity contribution in [2.24, 2.45) is 0 Å². The van der Waals surface area contributed by atoms with Gasteiger partial charge in [0.05, 0.1) is 6.61 Å². The minimum Gasteiger partial charge on any atom is -0.494 e. The van der Waals surface area contributed by atoms with Crippen LogP contribution >= 0.6 is 0 Å². The van der Waals surface area contributed by atoms with Crippen molar-refractivity contribution >= 4 is 17.5 Å². The van der Waals surface area contributed by atoms with Crippen molar-refractivity contribution in [3.05, 3.63) is 77.0 Å². The van der Waals surface area contributed by atoms with Crippen LogP contribution in [0.5, 0.6) is 5.75 Å². The number of hydrogen-bond donors (Lipinski definition) is 1. The molecule has 4 aromatic rings. The second-order valence-corrected chi connectivity index (χ2v) is 10.7. The molecule has 1 N–H and O–H groups in total. The van der Waals surface area contributed by atoms with Gasteiger partial charge in [-0.05, 0) is 101 Å². The molecule has 210 valence electrons. The molecule has 0 aliphatic rings. The number of nitrogens with zero attached hydrogens (tertiary/aromatic N) is 5. The van der Waals surface area contributed by atoms with E-state index in [1.54, 1.807) is 24.3 Å². The van der Waals surface area contributed by atoms with E-state index in [1.165, 1.54) is 9.70 Å². The molecular formula is C30H36N6O4. The molecule has 2 amide bonds. The zero-order valence-corrected chi connectivity index (χ0v) is 24.1. The summed E-state index contributed by atoms with van der Waals surface area (Å²) in [6, 6.07) is 15.5. The van der Waals surface area contributed by atoms with Gasteiger partial charge in [-0.3, -0.25) is 14.5 Å². The molecule has 0 aliphatic heterocycles. The fourth-order valence-electron chi connectivity index (χ4n) is 4.34. The third-order valence-electron chi connectivity index (χ3n) is 6.31. The number of hydrogen-bond acceptors (Lipinski definition) is 7. The summed E-state index contributed by atoms with van der Waals surface area (Å²) < 4.78 is 11.2. The number of tetrazole rings is 1. The molecule has 0 spiro atoms. The van der Waals surface area contributed by atoms with E-state index < -0.39 is 11.6 Å². The van der Waals surface area contributed by atoms with Crippen LogP contribution < -0.4 is 15.0 Å². The van der Waals surface area contributed by atoms with Crippen molar-refractivity contribution < 1.29 is 18.7 Å². The molecule has 0 fully saturated rings. The highest BCUT2D eigenvalue weighted by molar-refractivity contribution is 6.02. The monoisotopic (exact) mass is 544 g/mol. The maximum atomic E-state index is 14.1. The molecule has 0 radical (unpaired) electrons. The summed E-state index contributed by atoms with van der Waals surface area (Å²) in [6.45, 7) is 13.6. The number of carbonyl (C=O) groups is 2. The fourth-order valence-corrected chi connectivity index (χ4v) is 4.34. The van der Waals surface area contributed by atoms with Crippen LogP contribution in [0.2, 0.25) is 0 Å². The van der Waals surface area contributed by atoms with Gasteiger partial charge in [-0.15, -0.1) is 10.2 Å². The second kappa shape index (κ2) is 11.7. The summed E-state index contributed by atoms with van der Waals surface area (Å²) in [5, 5.41) is 15.5. The Labute approximate surface area is 234 Å². The predicted octanol–water partition coefficient (Wildman–Crippen LogP) is 4.95. The van der Waals surface area contributed by atoms with E-state index in [0.717, 1.165) is 11.1 Å². The third-order valence-corrected chi connectivity index (χ3v) is 6.31. The first-order valence-corrected chi connectivity index (χ1v) is 13.2. The number of aromatic nitrogens is 4. The van der Waals surface area contributed by atoms with Gasteiger partial charge in [-0.25, -0.2) is 0 Å². The molecule has 2 aromatic carbocycles. The molecule has 2 aromatic heterocycles. The van der Waals surface area contributed by atoms with Crippen LogP contribution in [0, 0.1) is 20.8 Å². The van der Waals surface area contributed by atoms with Crippen LogP contribution in [-0.2, 0) is 16.1 Å². The van der Waals surface area contributed by atoms with E-state index >= 15 is 0 Å². The maximum absolute atomic E-state index is 14.1. The standard InChI is InChI=1S/C30H36N6O4/c1-8-39-23-15-13-22(14-16-23)27(29(38)31-30(5,6)7)36(24-11-9-10-19(2)21(24)4)26(37)18-35-33-28(32-34-35)25-17-12-20(3)40-25/h9-17,27H,8,18H2,1-7H3,(H,31,38)/t27-/m1/s1. The summed E-state index contributed by atoms with van der Waals surface area (Å²) >= 11 is 0. The Morgan fingerprint density at radius 1 is 1.05 bits per heavy atom. The Bertz CT molecular complexity index is 1480. The SMILES string of the molecule is CCOc1ccc([C@H](C(=O)NC(C)(C)C)N(C(=O)Cn2nnc(-c3ccc(C)o3)n2)c2cccc(C)c2C)cc1. The zero-order valence-electron chi connectivity index (χ0n) is 24.1. The van der Waals surface area contributed by atoms with E-state index in [9.17, 15) is 9.59 Å². The normalized spacial score (nSPS) is 12.2. The Hall–Kier alpha value is -4.47. The summed E-state index contributed by atoms with van der Waals surface area (Å²) in [4.78, 5) is 30.8. The average molecular weight is 545 g/mol. The molecule has 1 atom stereocenters. The zero-order chi connectivity index (χ0) is 29.0. The molecule has 0 aliphatic carbocycles. The number of furan rings is 1. The molecule has 2 heterocycles. The quantitative estimate of drug-likeness (QED) is 0.317. The first-order chi connectivity index (χ1) is 19.0. The van der Waals surface area contributed by atoms with Gasteiger partial charge in [0.25, 0.3) is 5.91 Å². The lowest BCUT2D eigenvalue weighted by atomic mass is 9.98. The molecule has 4 rings (SSSR count). The minimum atomic E-state index is -0.974. The van der Waals surface area contributed by atoms with Crippen LogP contribution in [0.25, 0.3) is 11.6 Å². The number of benzene rings is 2.